The lowest BCUT2D eigenvalue weighted by Crippen LogP contribution is -2.09. The monoisotopic (exact) mass is 192 g/mol. The maximum atomic E-state index is 9.10. The van der Waals surface area contributed by atoms with E-state index in [2.05, 4.69) is 0 Å². The molecule has 0 heterocycles. The van der Waals surface area contributed by atoms with E-state index in [-0.39, 0.29) is 0 Å². The fraction of sp³-hybridized carbons (Fsp3) is 0.714. The van der Waals surface area contributed by atoms with Crippen LogP contribution in [0.4, 0.5) is 0 Å². The van der Waals surface area contributed by atoms with E-state index in [0.717, 1.165) is 25.9 Å². The normalized spacial score (nSPS) is 8.46. The van der Waals surface area contributed by atoms with E-state index < -0.39 is 11.9 Å². The number of carboxylic acid groups (broad SMARTS) is 2. The van der Waals surface area contributed by atoms with Gasteiger partial charge in [-0.3, -0.25) is 0 Å². The Kier molecular flexibility index (Phi) is 12.0. The van der Waals surface area contributed by atoms with Gasteiger partial charge < -0.3 is 21.7 Å². The van der Waals surface area contributed by atoms with E-state index in [1.54, 1.807) is 0 Å². The smallest absolute Gasteiger partial charge is 0.414 e. The average molecular weight is 192 g/mol. The molecule has 0 aromatic heterocycles. The summed E-state index contributed by atoms with van der Waals surface area (Å²) in [7, 11) is 0. The largest absolute Gasteiger partial charge is 0.473 e. The lowest BCUT2D eigenvalue weighted by Gasteiger charge is -1.91. The molecule has 13 heavy (non-hydrogen) atoms. The number of aliphatic carboxylic acids is 2. The second kappa shape index (κ2) is 10.9. The Balaban J connectivity index is 0. The SMILES string of the molecule is NCCCCCN.O=C(O)C(=O)O. The molecule has 0 spiro atoms. The summed E-state index contributed by atoms with van der Waals surface area (Å²) in [5.41, 5.74) is 10.5. The molecule has 0 aliphatic carbocycles. The van der Waals surface area contributed by atoms with E-state index in [0.29, 0.717) is 0 Å². The highest BCUT2D eigenvalue weighted by atomic mass is 16.4. The van der Waals surface area contributed by atoms with Crippen molar-refractivity contribution < 1.29 is 19.8 Å². The van der Waals surface area contributed by atoms with E-state index >= 15 is 0 Å². The van der Waals surface area contributed by atoms with Crippen LogP contribution in [-0.4, -0.2) is 35.2 Å². The van der Waals surface area contributed by atoms with Gasteiger partial charge in [0.2, 0.25) is 0 Å². The molecule has 0 aromatic rings. The predicted molar refractivity (Wildman–Crippen MR) is 47.2 cm³/mol. The molecule has 78 valence electrons. The Labute approximate surface area is 76.5 Å². The first kappa shape index (κ1) is 14.4. The summed E-state index contributed by atoms with van der Waals surface area (Å²) in [6.45, 7) is 1.61. The molecular formula is C7H16N2O4. The molecule has 6 heteroatoms. The third kappa shape index (κ3) is 18.1. The second-order valence-electron chi connectivity index (χ2n) is 2.25. The minimum Gasteiger partial charge on any atom is -0.473 e. The highest BCUT2D eigenvalue weighted by molar-refractivity contribution is 6.27. The Hall–Kier alpha value is -1.14. The summed E-state index contributed by atoms with van der Waals surface area (Å²) in [6.07, 6.45) is 3.43. The van der Waals surface area contributed by atoms with Crippen LogP contribution < -0.4 is 11.5 Å². The van der Waals surface area contributed by atoms with Crippen LogP contribution in [0.5, 0.6) is 0 Å². The van der Waals surface area contributed by atoms with Gasteiger partial charge in [-0.05, 0) is 25.9 Å². The predicted octanol–water partition coefficient (Wildman–Crippen LogP) is -0.770. The van der Waals surface area contributed by atoms with Crippen molar-refractivity contribution >= 4 is 11.9 Å². The lowest BCUT2D eigenvalue weighted by molar-refractivity contribution is -0.159. The number of hydrogen-bond donors (Lipinski definition) is 4. The van der Waals surface area contributed by atoms with E-state index in [9.17, 15) is 0 Å². The Morgan fingerprint density at radius 1 is 0.846 bits per heavy atom. The number of carboxylic acids is 2. The molecule has 0 aromatic carbocycles. The van der Waals surface area contributed by atoms with Gasteiger partial charge in [0.15, 0.2) is 0 Å². The van der Waals surface area contributed by atoms with Crippen molar-refractivity contribution in [3.05, 3.63) is 0 Å². The molecule has 0 saturated heterocycles. The fourth-order valence-corrected chi connectivity index (χ4v) is 0.465. The van der Waals surface area contributed by atoms with Gasteiger partial charge in [-0.25, -0.2) is 9.59 Å². The van der Waals surface area contributed by atoms with Crippen molar-refractivity contribution in [2.75, 3.05) is 13.1 Å². The topological polar surface area (TPSA) is 127 Å². The molecule has 0 atom stereocenters. The van der Waals surface area contributed by atoms with Crippen LogP contribution in [-0.2, 0) is 9.59 Å². The van der Waals surface area contributed by atoms with Crippen molar-refractivity contribution in [1.82, 2.24) is 0 Å². The standard InChI is InChI=1S/C5H14N2.C2H2O4/c6-4-2-1-3-5-7;3-1(4)2(5)6/h1-7H2;(H,3,4)(H,5,6). The third-order valence-corrected chi connectivity index (χ3v) is 1.09. The Bertz CT molecular complexity index is 133. The van der Waals surface area contributed by atoms with Crippen LogP contribution in [0.25, 0.3) is 0 Å². The molecule has 6 nitrogen and oxygen atoms in total. The van der Waals surface area contributed by atoms with E-state index in [1.165, 1.54) is 6.42 Å². The van der Waals surface area contributed by atoms with Gasteiger partial charge in [-0.15, -0.1) is 0 Å². The zero-order valence-corrected chi connectivity index (χ0v) is 7.40. The van der Waals surface area contributed by atoms with Crippen LogP contribution in [0.15, 0.2) is 0 Å². The molecule has 0 aliphatic rings. The molecule has 0 aliphatic heterocycles. The number of hydrogen-bond acceptors (Lipinski definition) is 4. The minimum absolute atomic E-state index is 0.806. The quantitative estimate of drug-likeness (QED) is 0.342. The third-order valence-electron chi connectivity index (χ3n) is 1.09. The highest BCUT2D eigenvalue weighted by Gasteiger charge is 2.04. The van der Waals surface area contributed by atoms with Crippen LogP contribution in [0.2, 0.25) is 0 Å². The van der Waals surface area contributed by atoms with Crippen molar-refractivity contribution in [2.45, 2.75) is 19.3 Å². The first-order valence-electron chi connectivity index (χ1n) is 3.92. The Morgan fingerprint density at radius 2 is 1.15 bits per heavy atom. The van der Waals surface area contributed by atoms with Crippen molar-refractivity contribution in [2.24, 2.45) is 11.5 Å². The van der Waals surface area contributed by atoms with Gasteiger partial charge in [0.05, 0.1) is 0 Å². The molecule has 0 bridgehead atoms. The molecular weight excluding hydrogens is 176 g/mol. The number of carbonyl (C=O) groups is 2. The highest BCUT2D eigenvalue weighted by Crippen LogP contribution is 1.88. The van der Waals surface area contributed by atoms with E-state index in [4.69, 9.17) is 31.3 Å². The molecule has 6 N–H and O–H groups in total. The van der Waals surface area contributed by atoms with Gasteiger partial charge in [-0.2, -0.15) is 0 Å². The van der Waals surface area contributed by atoms with Crippen molar-refractivity contribution in [1.29, 1.82) is 0 Å². The van der Waals surface area contributed by atoms with Crippen LogP contribution in [0, 0.1) is 0 Å². The fourth-order valence-electron chi connectivity index (χ4n) is 0.465. The second-order valence-corrected chi connectivity index (χ2v) is 2.25. The lowest BCUT2D eigenvalue weighted by atomic mass is 10.2. The van der Waals surface area contributed by atoms with E-state index in [1.807, 2.05) is 0 Å². The minimum atomic E-state index is -1.82. The number of nitrogens with two attached hydrogens (primary N) is 2. The molecule has 0 rings (SSSR count). The summed E-state index contributed by atoms with van der Waals surface area (Å²) >= 11 is 0. The maximum absolute atomic E-state index is 9.10. The summed E-state index contributed by atoms with van der Waals surface area (Å²) < 4.78 is 0. The zero-order chi connectivity index (χ0) is 10.7. The molecule has 0 fully saturated rings. The Morgan fingerprint density at radius 3 is 1.31 bits per heavy atom. The van der Waals surface area contributed by atoms with Crippen molar-refractivity contribution in [3.63, 3.8) is 0 Å². The molecule has 0 radical (unpaired) electrons. The molecule has 0 saturated carbocycles. The van der Waals surface area contributed by atoms with Gasteiger partial charge in [0.25, 0.3) is 0 Å². The first-order valence-corrected chi connectivity index (χ1v) is 3.92. The van der Waals surface area contributed by atoms with Crippen molar-refractivity contribution in [3.8, 4) is 0 Å². The van der Waals surface area contributed by atoms with Gasteiger partial charge in [0.1, 0.15) is 0 Å². The number of unbranched alkanes of at least 4 members (excludes halogenated alkanes) is 2. The summed E-state index contributed by atoms with van der Waals surface area (Å²) in [6, 6.07) is 0. The summed E-state index contributed by atoms with van der Waals surface area (Å²) in [4.78, 5) is 18.2. The average Bonchev–Trinajstić information content (AvgIpc) is 2.06. The maximum Gasteiger partial charge on any atom is 0.414 e. The number of rotatable bonds is 4. The zero-order valence-electron chi connectivity index (χ0n) is 7.40. The van der Waals surface area contributed by atoms with Gasteiger partial charge in [0, 0.05) is 0 Å². The van der Waals surface area contributed by atoms with Crippen LogP contribution in [0.1, 0.15) is 19.3 Å². The summed E-state index contributed by atoms with van der Waals surface area (Å²) in [5.74, 6) is -3.65. The van der Waals surface area contributed by atoms with Crippen LogP contribution in [0.3, 0.4) is 0 Å². The van der Waals surface area contributed by atoms with Crippen LogP contribution >= 0.6 is 0 Å². The van der Waals surface area contributed by atoms with Gasteiger partial charge in [-0.1, -0.05) is 6.42 Å². The summed E-state index contributed by atoms with van der Waals surface area (Å²) in [5, 5.41) is 14.8. The first-order chi connectivity index (χ1) is 6.06. The van der Waals surface area contributed by atoms with Gasteiger partial charge >= 0.3 is 11.9 Å². The molecule has 0 unspecified atom stereocenters. The molecule has 0 amide bonds.